The molecule has 0 aliphatic carbocycles. The normalized spacial score (nSPS) is 18.7. The third-order valence-corrected chi connectivity index (χ3v) is 2.51. The lowest BCUT2D eigenvalue weighted by atomic mass is 10.1. The van der Waals surface area contributed by atoms with Gasteiger partial charge in [0.1, 0.15) is 6.04 Å². The van der Waals surface area contributed by atoms with Gasteiger partial charge in [-0.25, -0.2) is 4.79 Å². The van der Waals surface area contributed by atoms with Crippen LogP contribution >= 0.6 is 0 Å². The number of nitrogens with one attached hydrogen (secondary N) is 2. The van der Waals surface area contributed by atoms with Gasteiger partial charge in [0.05, 0.1) is 6.42 Å². The molecule has 7 heteroatoms. The van der Waals surface area contributed by atoms with Crippen molar-refractivity contribution >= 4 is 17.9 Å². The molecule has 98 valence electrons. The van der Waals surface area contributed by atoms with Gasteiger partial charge < -0.3 is 20.6 Å². The summed E-state index contributed by atoms with van der Waals surface area (Å²) in [7, 11) is 0. The summed E-state index contributed by atoms with van der Waals surface area (Å²) in [6.45, 7) is 0.899. The Hall–Kier alpha value is -2.23. The van der Waals surface area contributed by atoms with Gasteiger partial charge in [0.15, 0.2) is 0 Å². The molecular formula is C11H15N3O4. The number of hydrogen-bond donors (Lipinski definition) is 3. The number of carbonyl (C=O) groups is 3. The first-order valence-electron chi connectivity index (χ1n) is 5.53. The lowest BCUT2D eigenvalue weighted by Gasteiger charge is -2.34. The molecule has 0 aromatic carbocycles. The fourth-order valence-corrected chi connectivity index (χ4v) is 1.67. The molecular weight excluding hydrogens is 238 g/mol. The van der Waals surface area contributed by atoms with Crippen LogP contribution in [0.1, 0.15) is 12.8 Å². The van der Waals surface area contributed by atoms with E-state index in [-0.39, 0.29) is 6.54 Å². The molecule has 0 saturated carbocycles. The Bertz CT molecular complexity index is 388. The maximum atomic E-state index is 11.8. The van der Waals surface area contributed by atoms with Crippen molar-refractivity contribution in [1.29, 1.82) is 0 Å². The first kappa shape index (κ1) is 13.8. The summed E-state index contributed by atoms with van der Waals surface area (Å²) in [5.74, 6) is 0.797. The summed E-state index contributed by atoms with van der Waals surface area (Å²) < 4.78 is 0. The van der Waals surface area contributed by atoms with Gasteiger partial charge in [0, 0.05) is 26.1 Å². The topological polar surface area (TPSA) is 98.7 Å². The zero-order valence-electron chi connectivity index (χ0n) is 9.81. The van der Waals surface area contributed by atoms with Crippen molar-refractivity contribution in [2.45, 2.75) is 18.9 Å². The third-order valence-electron chi connectivity index (χ3n) is 2.51. The van der Waals surface area contributed by atoms with Crippen LogP contribution in [0.2, 0.25) is 0 Å². The highest BCUT2D eigenvalue weighted by atomic mass is 16.4. The molecule has 1 unspecified atom stereocenters. The van der Waals surface area contributed by atoms with Crippen molar-refractivity contribution in [3.05, 3.63) is 0 Å². The number of rotatable bonds is 4. The minimum absolute atomic E-state index is 0.283. The molecule has 3 N–H and O–H groups in total. The Morgan fingerprint density at radius 3 is 2.94 bits per heavy atom. The molecule has 1 fully saturated rings. The zero-order chi connectivity index (χ0) is 13.5. The smallest absolute Gasteiger partial charge is 0.318 e. The first-order chi connectivity index (χ1) is 8.56. The van der Waals surface area contributed by atoms with E-state index in [1.807, 2.05) is 0 Å². The predicted molar refractivity (Wildman–Crippen MR) is 62.6 cm³/mol. The van der Waals surface area contributed by atoms with E-state index in [9.17, 15) is 14.4 Å². The van der Waals surface area contributed by atoms with Crippen LogP contribution < -0.4 is 10.6 Å². The number of carboxylic acids is 1. The number of carboxylic acid groups (broad SMARTS) is 1. The van der Waals surface area contributed by atoms with Crippen molar-refractivity contribution in [1.82, 2.24) is 15.5 Å². The molecule has 1 atom stereocenters. The number of terminal acetylenes is 1. The van der Waals surface area contributed by atoms with E-state index in [1.165, 1.54) is 4.90 Å². The summed E-state index contributed by atoms with van der Waals surface area (Å²) in [5.41, 5.74) is 0. The van der Waals surface area contributed by atoms with Crippen LogP contribution in [0.4, 0.5) is 4.79 Å². The second-order valence-electron chi connectivity index (χ2n) is 3.78. The molecule has 1 aliphatic heterocycles. The summed E-state index contributed by atoms with van der Waals surface area (Å²) in [6.07, 6.45) is 5.03. The van der Waals surface area contributed by atoms with E-state index in [0.29, 0.717) is 19.5 Å². The minimum atomic E-state index is -1.13. The van der Waals surface area contributed by atoms with E-state index in [2.05, 4.69) is 16.6 Å². The van der Waals surface area contributed by atoms with Gasteiger partial charge in [-0.3, -0.25) is 9.59 Å². The van der Waals surface area contributed by atoms with Gasteiger partial charge >= 0.3 is 12.0 Å². The van der Waals surface area contributed by atoms with Crippen LogP contribution in [-0.2, 0) is 9.59 Å². The molecule has 0 bridgehead atoms. The van der Waals surface area contributed by atoms with Crippen LogP contribution in [0, 0.1) is 12.3 Å². The molecule has 0 spiro atoms. The molecule has 0 radical (unpaired) electrons. The largest absolute Gasteiger partial charge is 0.481 e. The molecule has 18 heavy (non-hydrogen) atoms. The molecule has 0 aromatic rings. The van der Waals surface area contributed by atoms with E-state index >= 15 is 0 Å². The average molecular weight is 253 g/mol. The van der Waals surface area contributed by atoms with Crippen LogP contribution in [0.15, 0.2) is 0 Å². The lowest BCUT2D eigenvalue weighted by molar-refractivity contribution is -0.142. The molecule has 1 heterocycles. The number of urea groups is 1. The molecule has 7 nitrogen and oxygen atoms in total. The number of amides is 3. The second kappa shape index (κ2) is 6.49. The summed E-state index contributed by atoms with van der Waals surface area (Å²) in [4.78, 5) is 35.2. The highest BCUT2D eigenvalue weighted by molar-refractivity contribution is 5.91. The van der Waals surface area contributed by atoms with Gasteiger partial charge in [0.25, 0.3) is 0 Å². The molecule has 3 amide bonds. The minimum Gasteiger partial charge on any atom is -0.481 e. The third kappa shape index (κ3) is 3.66. The average Bonchev–Trinajstić information content (AvgIpc) is 2.31. The number of aliphatic carboxylic acids is 1. The Morgan fingerprint density at radius 1 is 1.61 bits per heavy atom. The number of nitrogens with zero attached hydrogens (tertiary/aromatic N) is 1. The van der Waals surface area contributed by atoms with Gasteiger partial charge in [-0.2, -0.15) is 0 Å². The number of hydrogen-bond acceptors (Lipinski definition) is 3. The molecule has 0 aromatic heterocycles. The number of carbonyl (C=O) groups excluding carboxylic acids is 2. The van der Waals surface area contributed by atoms with E-state index in [0.717, 1.165) is 0 Å². The highest BCUT2D eigenvalue weighted by Gasteiger charge is 2.34. The summed E-state index contributed by atoms with van der Waals surface area (Å²) in [6, 6.07) is -1.44. The van der Waals surface area contributed by atoms with E-state index in [1.54, 1.807) is 0 Å². The maximum Gasteiger partial charge on any atom is 0.318 e. The fourth-order valence-electron chi connectivity index (χ4n) is 1.67. The van der Waals surface area contributed by atoms with Crippen molar-refractivity contribution in [3.63, 3.8) is 0 Å². The maximum absolute atomic E-state index is 11.8. The van der Waals surface area contributed by atoms with Crippen molar-refractivity contribution < 1.29 is 19.5 Å². The van der Waals surface area contributed by atoms with Gasteiger partial charge in [-0.15, -0.1) is 12.3 Å². The number of piperazine rings is 1. The summed E-state index contributed by atoms with van der Waals surface area (Å²) >= 11 is 0. The van der Waals surface area contributed by atoms with Crippen molar-refractivity contribution in [2.24, 2.45) is 0 Å². The van der Waals surface area contributed by atoms with Crippen LogP contribution in [-0.4, -0.2) is 53.6 Å². The highest BCUT2D eigenvalue weighted by Crippen LogP contribution is 2.09. The van der Waals surface area contributed by atoms with Crippen molar-refractivity contribution in [3.8, 4) is 12.3 Å². The van der Waals surface area contributed by atoms with E-state index in [4.69, 9.17) is 11.5 Å². The zero-order valence-corrected chi connectivity index (χ0v) is 9.81. The van der Waals surface area contributed by atoms with Crippen LogP contribution in [0.3, 0.4) is 0 Å². The monoisotopic (exact) mass is 253 g/mol. The lowest BCUT2D eigenvalue weighted by Crippen LogP contribution is -2.60. The summed E-state index contributed by atoms with van der Waals surface area (Å²) in [5, 5.41) is 13.8. The van der Waals surface area contributed by atoms with Gasteiger partial charge in [-0.1, -0.05) is 0 Å². The Morgan fingerprint density at radius 2 is 2.33 bits per heavy atom. The van der Waals surface area contributed by atoms with Crippen LogP contribution in [0.5, 0.6) is 0 Å². The van der Waals surface area contributed by atoms with E-state index < -0.39 is 30.4 Å². The Labute approximate surface area is 105 Å². The van der Waals surface area contributed by atoms with Crippen molar-refractivity contribution in [2.75, 3.05) is 19.6 Å². The van der Waals surface area contributed by atoms with Crippen LogP contribution in [0.25, 0.3) is 0 Å². The second-order valence-corrected chi connectivity index (χ2v) is 3.78. The van der Waals surface area contributed by atoms with Gasteiger partial charge in [0.2, 0.25) is 5.91 Å². The fraction of sp³-hybridized carbons (Fsp3) is 0.545. The SMILES string of the molecule is C#CCCNC(=O)N1CCNC(=O)C1CC(=O)O. The Kier molecular flexibility index (Phi) is 4.99. The Balaban J connectivity index is 2.64. The van der Waals surface area contributed by atoms with Gasteiger partial charge in [-0.05, 0) is 0 Å². The molecule has 1 saturated heterocycles. The first-order valence-corrected chi connectivity index (χ1v) is 5.53. The molecule has 1 rings (SSSR count). The molecule has 1 aliphatic rings. The quantitative estimate of drug-likeness (QED) is 0.442. The standard InChI is InChI=1S/C11H15N3O4/c1-2-3-4-13-11(18)14-6-5-12-10(17)8(14)7-9(15)16/h1,8H,3-7H2,(H,12,17)(H,13,18)(H,15,16). The predicted octanol–water partition coefficient (Wildman–Crippen LogP) is -1.01.